The first kappa shape index (κ1) is 14.6. The molecule has 1 atom stereocenters. The lowest BCUT2D eigenvalue weighted by molar-refractivity contribution is 0.510. The van der Waals surface area contributed by atoms with Gasteiger partial charge in [0.2, 0.25) is 0 Å². The second-order valence-corrected chi connectivity index (χ2v) is 5.79. The van der Waals surface area contributed by atoms with Gasteiger partial charge in [-0.05, 0) is 51.1 Å². The van der Waals surface area contributed by atoms with Crippen LogP contribution in [-0.2, 0) is 0 Å². The minimum absolute atomic E-state index is 0.670. The fourth-order valence-electron chi connectivity index (χ4n) is 1.90. The summed E-state index contributed by atoms with van der Waals surface area (Å²) in [6, 6.07) is 9.45. The number of unbranched alkanes of at least 4 members (excludes halogenated alkanes) is 1. The number of benzene rings is 1. The molecule has 0 spiro atoms. The van der Waals surface area contributed by atoms with Gasteiger partial charge >= 0.3 is 0 Å². The molecule has 0 aliphatic carbocycles. The van der Waals surface area contributed by atoms with Crippen LogP contribution in [0.2, 0.25) is 0 Å². The van der Waals surface area contributed by atoms with Crippen LogP contribution in [0.4, 0.5) is 0 Å². The van der Waals surface area contributed by atoms with E-state index in [2.05, 4.69) is 50.4 Å². The molecule has 1 nitrogen and oxygen atoms in total. The molecule has 0 saturated carbocycles. The summed E-state index contributed by atoms with van der Waals surface area (Å²) in [6.07, 6.45) is 3.93. The van der Waals surface area contributed by atoms with E-state index in [9.17, 15) is 0 Å². The Kier molecular flexibility index (Phi) is 7.38. The fraction of sp³-hybridized carbons (Fsp3) is 0.600. The van der Waals surface area contributed by atoms with Gasteiger partial charge in [0.1, 0.15) is 0 Å². The second-order valence-electron chi connectivity index (χ2n) is 4.62. The fourth-order valence-corrected chi connectivity index (χ4v) is 2.93. The summed E-state index contributed by atoms with van der Waals surface area (Å²) in [4.78, 5) is 1.41. The van der Waals surface area contributed by atoms with Gasteiger partial charge in [-0.1, -0.05) is 31.0 Å². The van der Waals surface area contributed by atoms with Gasteiger partial charge in [0, 0.05) is 10.9 Å². The Labute approximate surface area is 110 Å². The van der Waals surface area contributed by atoms with E-state index in [1.165, 1.54) is 35.5 Å². The SMILES string of the molecule is CCNC(C)CCCCSc1cccc(C)c1. The van der Waals surface area contributed by atoms with E-state index in [1.807, 2.05) is 11.8 Å². The molecule has 0 radical (unpaired) electrons. The maximum absolute atomic E-state index is 3.45. The lowest BCUT2D eigenvalue weighted by Crippen LogP contribution is -2.25. The molecular formula is C15H25NS. The largest absolute Gasteiger partial charge is 0.315 e. The second kappa shape index (κ2) is 8.60. The first-order chi connectivity index (χ1) is 8.22. The summed E-state index contributed by atoms with van der Waals surface area (Å²) in [5.74, 6) is 1.24. The van der Waals surface area contributed by atoms with Crippen molar-refractivity contribution < 1.29 is 0 Å². The minimum atomic E-state index is 0.670. The molecule has 1 aromatic carbocycles. The zero-order chi connectivity index (χ0) is 12.5. The number of thioether (sulfide) groups is 1. The molecule has 0 aliphatic heterocycles. The smallest absolute Gasteiger partial charge is 0.00745 e. The Bertz CT molecular complexity index is 312. The van der Waals surface area contributed by atoms with E-state index < -0.39 is 0 Å². The van der Waals surface area contributed by atoms with Crippen molar-refractivity contribution in [3.05, 3.63) is 29.8 Å². The van der Waals surface area contributed by atoms with Gasteiger partial charge in [-0.15, -0.1) is 11.8 Å². The van der Waals surface area contributed by atoms with Crippen molar-refractivity contribution in [2.75, 3.05) is 12.3 Å². The number of hydrogen-bond donors (Lipinski definition) is 1. The van der Waals surface area contributed by atoms with Gasteiger partial charge in [0.05, 0.1) is 0 Å². The quantitative estimate of drug-likeness (QED) is 0.547. The lowest BCUT2D eigenvalue weighted by atomic mass is 10.1. The number of rotatable bonds is 8. The Morgan fingerprint density at radius 2 is 2.12 bits per heavy atom. The molecule has 1 rings (SSSR count). The summed E-state index contributed by atoms with van der Waals surface area (Å²) in [7, 11) is 0. The molecule has 0 amide bonds. The molecule has 2 heteroatoms. The first-order valence-electron chi connectivity index (χ1n) is 6.65. The third-order valence-corrected chi connectivity index (χ3v) is 3.92. The summed E-state index contributed by atoms with van der Waals surface area (Å²) in [5.41, 5.74) is 1.36. The van der Waals surface area contributed by atoms with Crippen molar-refractivity contribution in [3.8, 4) is 0 Å². The molecule has 1 aromatic rings. The molecule has 0 fully saturated rings. The van der Waals surface area contributed by atoms with Crippen LogP contribution in [-0.4, -0.2) is 18.3 Å². The molecule has 0 saturated heterocycles. The van der Waals surface area contributed by atoms with E-state index >= 15 is 0 Å². The van der Waals surface area contributed by atoms with E-state index in [1.54, 1.807) is 0 Å². The third kappa shape index (κ3) is 6.75. The lowest BCUT2D eigenvalue weighted by Gasteiger charge is -2.11. The van der Waals surface area contributed by atoms with Crippen molar-refractivity contribution in [2.24, 2.45) is 0 Å². The van der Waals surface area contributed by atoms with E-state index in [-0.39, 0.29) is 0 Å². The Hall–Kier alpha value is -0.470. The highest BCUT2D eigenvalue weighted by atomic mass is 32.2. The van der Waals surface area contributed by atoms with Crippen LogP contribution < -0.4 is 5.32 Å². The average molecular weight is 251 g/mol. The van der Waals surface area contributed by atoms with Crippen molar-refractivity contribution in [3.63, 3.8) is 0 Å². The van der Waals surface area contributed by atoms with E-state index in [0.29, 0.717) is 6.04 Å². The van der Waals surface area contributed by atoms with Crippen LogP contribution in [0.5, 0.6) is 0 Å². The minimum Gasteiger partial charge on any atom is -0.315 e. The molecule has 1 unspecified atom stereocenters. The average Bonchev–Trinajstić information content (AvgIpc) is 2.29. The van der Waals surface area contributed by atoms with Gasteiger partial charge in [0.15, 0.2) is 0 Å². The highest BCUT2D eigenvalue weighted by molar-refractivity contribution is 7.99. The molecule has 0 bridgehead atoms. The van der Waals surface area contributed by atoms with Crippen LogP contribution in [0.15, 0.2) is 29.2 Å². The maximum atomic E-state index is 3.45. The summed E-state index contributed by atoms with van der Waals surface area (Å²) >= 11 is 1.98. The highest BCUT2D eigenvalue weighted by Gasteiger charge is 1.99. The molecule has 17 heavy (non-hydrogen) atoms. The zero-order valence-electron chi connectivity index (χ0n) is 11.3. The Morgan fingerprint density at radius 3 is 2.82 bits per heavy atom. The predicted octanol–water partition coefficient (Wildman–Crippen LogP) is 4.26. The van der Waals surface area contributed by atoms with Crippen molar-refractivity contribution in [1.29, 1.82) is 0 Å². The molecule has 96 valence electrons. The zero-order valence-corrected chi connectivity index (χ0v) is 12.1. The van der Waals surface area contributed by atoms with Crippen molar-refractivity contribution in [2.45, 2.75) is 51.0 Å². The Morgan fingerprint density at radius 1 is 1.29 bits per heavy atom. The number of nitrogens with one attached hydrogen (secondary N) is 1. The van der Waals surface area contributed by atoms with E-state index in [0.717, 1.165) is 6.54 Å². The first-order valence-corrected chi connectivity index (χ1v) is 7.63. The third-order valence-electron chi connectivity index (χ3n) is 2.84. The van der Waals surface area contributed by atoms with Crippen molar-refractivity contribution in [1.82, 2.24) is 5.32 Å². The normalized spacial score (nSPS) is 12.6. The van der Waals surface area contributed by atoms with Gasteiger partial charge in [0.25, 0.3) is 0 Å². The van der Waals surface area contributed by atoms with Crippen LogP contribution in [0.1, 0.15) is 38.7 Å². The van der Waals surface area contributed by atoms with Gasteiger partial charge in [-0.2, -0.15) is 0 Å². The Balaban J connectivity index is 2.08. The molecule has 0 aliphatic rings. The molecule has 0 aromatic heterocycles. The van der Waals surface area contributed by atoms with Crippen molar-refractivity contribution >= 4 is 11.8 Å². The van der Waals surface area contributed by atoms with Crippen LogP contribution >= 0.6 is 11.8 Å². The van der Waals surface area contributed by atoms with Gasteiger partial charge in [-0.25, -0.2) is 0 Å². The van der Waals surface area contributed by atoms with Gasteiger partial charge in [-0.3, -0.25) is 0 Å². The standard InChI is InChI=1S/C15H25NS/c1-4-16-14(3)9-5-6-11-17-15-10-7-8-13(2)12-15/h7-8,10,12,14,16H,4-6,9,11H2,1-3H3. The highest BCUT2D eigenvalue weighted by Crippen LogP contribution is 2.20. The summed E-state index contributed by atoms with van der Waals surface area (Å²) < 4.78 is 0. The molecular weight excluding hydrogens is 226 g/mol. The molecule has 1 N–H and O–H groups in total. The monoisotopic (exact) mass is 251 g/mol. The van der Waals surface area contributed by atoms with E-state index in [4.69, 9.17) is 0 Å². The molecule has 0 heterocycles. The summed E-state index contributed by atoms with van der Waals surface area (Å²) in [6.45, 7) is 7.68. The summed E-state index contributed by atoms with van der Waals surface area (Å²) in [5, 5.41) is 3.45. The topological polar surface area (TPSA) is 12.0 Å². The van der Waals surface area contributed by atoms with Crippen LogP contribution in [0.3, 0.4) is 0 Å². The number of hydrogen-bond acceptors (Lipinski definition) is 2. The predicted molar refractivity (Wildman–Crippen MR) is 78.9 cm³/mol. The van der Waals surface area contributed by atoms with Crippen LogP contribution in [0, 0.1) is 6.92 Å². The number of aryl methyl sites for hydroxylation is 1. The van der Waals surface area contributed by atoms with Crippen LogP contribution in [0.25, 0.3) is 0 Å². The maximum Gasteiger partial charge on any atom is 0.00745 e. The van der Waals surface area contributed by atoms with Gasteiger partial charge < -0.3 is 5.32 Å².